The fraction of sp³-hybridized carbons (Fsp3) is 0.533. The molecule has 1 aliphatic rings. The number of hydrogen-bond acceptors (Lipinski definition) is 2. The molecule has 2 rings (SSSR count). The van der Waals surface area contributed by atoms with Gasteiger partial charge >= 0.3 is 0 Å². The normalized spacial score (nSPS) is 18.7. The van der Waals surface area contributed by atoms with E-state index in [1.807, 2.05) is 0 Å². The lowest BCUT2D eigenvalue weighted by Gasteiger charge is -2.16. The molecule has 1 aromatic rings. The average molecular weight is 297 g/mol. The first-order chi connectivity index (χ1) is 9.58. The fourth-order valence-electron chi connectivity index (χ4n) is 2.40. The van der Waals surface area contributed by atoms with Crippen LogP contribution in [-0.2, 0) is 21.3 Å². The van der Waals surface area contributed by atoms with Gasteiger partial charge in [0.2, 0.25) is 5.91 Å². The van der Waals surface area contributed by atoms with E-state index in [-0.39, 0.29) is 23.5 Å². The first kappa shape index (κ1) is 15.2. The maximum Gasteiger partial charge on any atom is 0.235 e. The van der Waals surface area contributed by atoms with Gasteiger partial charge in [0, 0.05) is 22.4 Å². The summed E-state index contributed by atoms with van der Waals surface area (Å²) in [7, 11) is -1.41. The Kier molecular flexibility index (Phi) is 5.29. The van der Waals surface area contributed by atoms with Crippen LogP contribution in [0.1, 0.15) is 38.2 Å². The second-order valence-electron chi connectivity index (χ2n) is 5.25. The van der Waals surface area contributed by atoms with E-state index in [0.717, 1.165) is 25.7 Å². The van der Waals surface area contributed by atoms with Crippen LogP contribution in [0, 0.1) is 5.82 Å². The molecule has 0 saturated heterocycles. The zero-order valence-corrected chi connectivity index (χ0v) is 12.4. The van der Waals surface area contributed by atoms with Gasteiger partial charge in [0.05, 0.1) is 5.75 Å². The van der Waals surface area contributed by atoms with E-state index in [0.29, 0.717) is 5.56 Å². The number of carbonyl (C=O) groups is 1. The van der Waals surface area contributed by atoms with Crippen LogP contribution in [0.25, 0.3) is 0 Å². The largest absolute Gasteiger partial charge is 0.352 e. The van der Waals surface area contributed by atoms with E-state index in [4.69, 9.17) is 0 Å². The van der Waals surface area contributed by atoms with Gasteiger partial charge in [-0.1, -0.05) is 31.0 Å². The highest BCUT2D eigenvalue weighted by atomic mass is 32.2. The molecule has 110 valence electrons. The van der Waals surface area contributed by atoms with E-state index >= 15 is 0 Å². The summed E-state index contributed by atoms with van der Waals surface area (Å²) in [5.74, 6) is -0.484. The van der Waals surface area contributed by atoms with Crippen molar-refractivity contribution in [2.24, 2.45) is 0 Å². The zero-order chi connectivity index (χ0) is 14.5. The van der Waals surface area contributed by atoms with Crippen molar-refractivity contribution in [3.8, 4) is 0 Å². The number of benzene rings is 1. The van der Waals surface area contributed by atoms with Gasteiger partial charge in [0.15, 0.2) is 0 Å². The molecule has 0 heterocycles. The van der Waals surface area contributed by atoms with Crippen molar-refractivity contribution >= 4 is 16.7 Å². The van der Waals surface area contributed by atoms with Crippen molar-refractivity contribution in [2.45, 2.75) is 49.7 Å². The van der Waals surface area contributed by atoms with Crippen LogP contribution in [0.3, 0.4) is 0 Å². The van der Waals surface area contributed by atoms with Gasteiger partial charge in [0.25, 0.3) is 0 Å². The minimum atomic E-state index is -1.41. The number of hydrogen-bond donors (Lipinski definition) is 1. The molecule has 0 aliphatic heterocycles. The molecule has 0 spiro atoms. The molecule has 1 aromatic carbocycles. The molecular formula is C15H20FNO2S. The summed E-state index contributed by atoms with van der Waals surface area (Å²) in [6.45, 7) is 1.64. The maximum absolute atomic E-state index is 13.5. The van der Waals surface area contributed by atoms with Gasteiger partial charge in [-0.2, -0.15) is 0 Å². The molecule has 1 aliphatic carbocycles. The predicted molar refractivity (Wildman–Crippen MR) is 78.1 cm³/mol. The van der Waals surface area contributed by atoms with Crippen molar-refractivity contribution in [1.29, 1.82) is 0 Å². The second-order valence-corrected chi connectivity index (χ2v) is 7.01. The molecule has 3 nitrogen and oxygen atoms in total. The molecule has 1 amide bonds. The standard InChI is InChI=1S/C15H20FNO2S/c1-11(15(18)17-13-7-3-4-8-13)20(19)10-12-6-2-5-9-14(12)16/h2,5-6,9,11,13H,3-4,7-8,10H2,1H3,(H,17,18). The van der Waals surface area contributed by atoms with Crippen LogP contribution in [-0.4, -0.2) is 21.4 Å². The van der Waals surface area contributed by atoms with E-state index in [1.54, 1.807) is 25.1 Å². The average Bonchev–Trinajstić information content (AvgIpc) is 2.93. The number of halogens is 1. The summed E-state index contributed by atoms with van der Waals surface area (Å²) in [6, 6.07) is 6.47. The van der Waals surface area contributed by atoms with Crippen LogP contribution in [0.5, 0.6) is 0 Å². The predicted octanol–water partition coefficient (Wildman–Crippen LogP) is 2.52. The molecule has 1 N–H and O–H groups in total. The lowest BCUT2D eigenvalue weighted by molar-refractivity contribution is -0.121. The topological polar surface area (TPSA) is 46.2 Å². The minimum absolute atomic E-state index is 0.0753. The van der Waals surface area contributed by atoms with Gasteiger partial charge in [-0.05, 0) is 25.8 Å². The Morgan fingerprint density at radius 3 is 2.70 bits per heavy atom. The molecule has 5 heteroatoms. The smallest absolute Gasteiger partial charge is 0.235 e. The van der Waals surface area contributed by atoms with Gasteiger partial charge in [-0.25, -0.2) is 4.39 Å². The van der Waals surface area contributed by atoms with Crippen LogP contribution in [0.15, 0.2) is 24.3 Å². The molecule has 1 fully saturated rings. The highest BCUT2D eigenvalue weighted by Crippen LogP contribution is 2.18. The lowest BCUT2D eigenvalue weighted by atomic mass is 10.2. The Bertz CT molecular complexity index is 500. The zero-order valence-electron chi connectivity index (χ0n) is 11.6. The van der Waals surface area contributed by atoms with Crippen molar-refractivity contribution < 1.29 is 13.4 Å². The van der Waals surface area contributed by atoms with Crippen LogP contribution < -0.4 is 5.32 Å². The van der Waals surface area contributed by atoms with E-state index < -0.39 is 16.0 Å². The summed E-state index contributed by atoms with van der Waals surface area (Å²) in [5, 5.41) is 2.32. The monoisotopic (exact) mass is 297 g/mol. The highest BCUT2D eigenvalue weighted by molar-refractivity contribution is 7.85. The molecule has 20 heavy (non-hydrogen) atoms. The third-order valence-electron chi connectivity index (χ3n) is 3.72. The number of carbonyl (C=O) groups excluding carboxylic acids is 1. The fourth-order valence-corrected chi connectivity index (χ4v) is 3.50. The number of amides is 1. The van der Waals surface area contributed by atoms with Gasteiger partial charge in [-0.3, -0.25) is 9.00 Å². The number of nitrogens with one attached hydrogen (secondary N) is 1. The van der Waals surface area contributed by atoms with Crippen LogP contribution in [0.2, 0.25) is 0 Å². The molecule has 0 bridgehead atoms. The molecule has 0 radical (unpaired) electrons. The minimum Gasteiger partial charge on any atom is -0.352 e. The van der Waals surface area contributed by atoms with Crippen molar-refractivity contribution in [1.82, 2.24) is 5.32 Å². The first-order valence-corrected chi connectivity index (χ1v) is 8.37. The third-order valence-corrected chi connectivity index (χ3v) is 5.32. The summed E-state index contributed by atoms with van der Waals surface area (Å²) < 4.78 is 25.7. The molecular weight excluding hydrogens is 277 g/mol. The van der Waals surface area contributed by atoms with Crippen LogP contribution >= 0.6 is 0 Å². The Hall–Kier alpha value is -1.23. The summed E-state index contributed by atoms with van der Waals surface area (Å²) in [5.41, 5.74) is 0.395. The summed E-state index contributed by atoms with van der Waals surface area (Å²) >= 11 is 0. The molecule has 1 saturated carbocycles. The van der Waals surface area contributed by atoms with Crippen molar-refractivity contribution in [2.75, 3.05) is 0 Å². The van der Waals surface area contributed by atoms with Gasteiger partial charge in [-0.15, -0.1) is 0 Å². The molecule has 2 atom stereocenters. The van der Waals surface area contributed by atoms with E-state index in [2.05, 4.69) is 5.32 Å². The second kappa shape index (κ2) is 6.97. The molecule has 0 aromatic heterocycles. The van der Waals surface area contributed by atoms with Crippen molar-refractivity contribution in [3.63, 3.8) is 0 Å². The SMILES string of the molecule is CC(C(=O)NC1CCCC1)S(=O)Cc1ccccc1F. The van der Waals surface area contributed by atoms with Crippen molar-refractivity contribution in [3.05, 3.63) is 35.6 Å². The first-order valence-electron chi connectivity index (χ1n) is 6.99. The van der Waals surface area contributed by atoms with Gasteiger partial charge in [0.1, 0.15) is 11.1 Å². The Labute approximate surface area is 121 Å². The molecule has 2 unspecified atom stereocenters. The summed E-state index contributed by atoms with van der Waals surface area (Å²) in [6.07, 6.45) is 4.27. The Morgan fingerprint density at radius 2 is 2.05 bits per heavy atom. The highest BCUT2D eigenvalue weighted by Gasteiger charge is 2.24. The van der Waals surface area contributed by atoms with Gasteiger partial charge < -0.3 is 5.32 Å². The van der Waals surface area contributed by atoms with Crippen LogP contribution in [0.4, 0.5) is 4.39 Å². The lowest BCUT2D eigenvalue weighted by Crippen LogP contribution is -2.41. The summed E-state index contributed by atoms with van der Waals surface area (Å²) in [4.78, 5) is 12.0. The quantitative estimate of drug-likeness (QED) is 0.908. The Morgan fingerprint density at radius 1 is 1.40 bits per heavy atom. The van der Waals surface area contributed by atoms with E-state index in [1.165, 1.54) is 6.07 Å². The third kappa shape index (κ3) is 3.88. The maximum atomic E-state index is 13.5. The Balaban J connectivity index is 1.91. The number of rotatable bonds is 5. The van der Waals surface area contributed by atoms with E-state index in [9.17, 15) is 13.4 Å².